The molecule has 1 heterocycles. The Balaban J connectivity index is 2.39. The summed E-state index contributed by atoms with van der Waals surface area (Å²) in [5.41, 5.74) is 5.57. The van der Waals surface area contributed by atoms with Crippen molar-refractivity contribution in [2.45, 2.75) is 43.2 Å². The third-order valence-electron chi connectivity index (χ3n) is 3.50. The van der Waals surface area contributed by atoms with Gasteiger partial charge in [0, 0.05) is 6.54 Å². The summed E-state index contributed by atoms with van der Waals surface area (Å²) in [6, 6.07) is -1.18. The zero-order chi connectivity index (χ0) is 19.2. The van der Waals surface area contributed by atoms with Crippen LogP contribution in [-0.4, -0.2) is 102 Å². The highest BCUT2D eigenvalue weighted by Gasteiger charge is 2.44. The van der Waals surface area contributed by atoms with Crippen molar-refractivity contribution in [3.05, 3.63) is 0 Å². The van der Waals surface area contributed by atoms with Crippen LogP contribution in [0.5, 0.6) is 0 Å². The molecular formula is C12H24N2O10S. The molecule has 1 fully saturated rings. The molecule has 0 saturated carbocycles. The van der Waals surface area contributed by atoms with E-state index >= 15 is 0 Å². The van der Waals surface area contributed by atoms with Crippen molar-refractivity contribution in [1.29, 1.82) is 0 Å². The second-order valence-electron chi connectivity index (χ2n) is 5.57. The van der Waals surface area contributed by atoms with Gasteiger partial charge in [0.05, 0.1) is 19.0 Å². The average molecular weight is 388 g/mol. The first-order chi connectivity index (χ1) is 11.6. The van der Waals surface area contributed by atoms with Gasteiger partial charge in [-0.2, -0.15) is 8.42 Å². The predicted molar refractivity (Wildman–Crippen MR) is 81.7 cm³/mol. The van der Waals surface area contributed by atoms with E-state index < -0.39 is 71.7 Å². The van der Waals surface area contributed by atoms with E-state index in [1.807, 2.05) is 0 Å². The lowest BCUT2D eigenvalue weighted by molar-refractivity contribution is -0.301. The standard InChI is InChI=1S/C12H24N2O10S/c13-6(11(19)14-2-1-3-25(20,21)22)5-23-12-10(18)9(17)8(16)7(4-15)24-12/h6-10,12,15-18H,1-5,13H2,(H,14,19)(H,20,21,22)/t6-,7+,8+,9-,10+,12+/m0/s1. The Hall–Kier alpha value is -0.900. The van der Waals surface area contributed by atoms with Crippen molar-refractivity contribution >= 4 is 16.0 Å². The fraction of sp³-hybridized carbons (Fsp3) is 0.917. The highest BCUT2D eigenvalue weighted by molar-refractivity contribution is 7.85. The molecule has 0 aromatic carbocycles. The number of hydrogen-bond donors (Lipinski definition) is 7. The second-order valence-corrected chi connectivity index (χ2v) is 7.14. The first-order valence-corrected chi connectivity index (χ1v) is 9.08. The summed E-state index contributed by atoms with van der Waals surface area (Å²) < 4.78 is 39.8. The maximum atomic E-state index is 11.7. The van der Waals surface area contributed by atoms with Gasteiger partial charge in [0.1, 0.15) is 30.5 Å². The first-order valence-electron chi connectivity index (χ1n) is 7.47. The number of hydrogen-bond acceptors (Lipinski definition) is 10. The van der Waals surface area contributed by atoms with Crippen LogP contribution in [0.15, 0.2) is 0 Å². The Kier molecular flexibility index (Phi) is 8.59. The van der Waals surface area contributed by atoms with Crippen LogP contribution in [-0.2, 0) is 24.4 Å². The normalized spacial score (nSPS) is 31.5. The third-order valence-corrected chi connectivity index (χ3v) is 4.31. The van der Waals surface area contributed by atoms with Gasteiger partial charge < -0.3 is 41.0 Å². The summed E-state index contributed by atoms with van der Waals surface area (Å²) >= 11 is 0. The van der Waals surface area contributed by atoms with Gasteiger partial charge in [0.2, 0.25) is 5.91 Å². The van der Waals surface area contributed by atoms with Gasteiger partial charge in [-0.3, -0.25) is 9.35 Å². The number of amides is 1. The van der Waals surface area contributed by atoms with E-state index in [0.29, 0.717) is 0 Å². The van der Waals surface area contributed by atoms with Crippen LogP contribution in [0.25, 0.3) is 0 Å². The number of aliphatic hydroxyl groups is 4. The molecule has 1 aliphatic heterocycles. The second kappa shape index (κ2) is 9.70. The molecule has 1 saturated heterocycles. The Bertz CT molecular complexity index is 528. The molecule has 0 aromatic heterocycles. The molecule has 25 heavy (non-hydrogen) atoms. The number of nitrogens with one attached hydrogen (secondary N) is 1. The first kappa shape index (κ1) is 22.1. The molecule has 1 amide bonds. The van der Waals surface area contributed by atoms with Gasteiger partial charge in [-0.25, -0.2) is 0 Å². The zero-order valence-corrected chi connectivity index (χ0v) is 14.1. The number of aliphatic hydroxyl groups excluding tert-OH is 4. The largest absolute Gasteiger partial charge is 0.394 e. The number of carbonyl (C=O) groups is 1. The van der Waals surface area contributed by atoms with E-state index in [1.165, 1.54) is 0 Å². The minimum atomic E-state index is -4.11. The molecule has 0 unspecified atom stereocenters. The molecule has 148 valence electrons. The third kappa shape index (κ3) is 7.08. The number of nitrogens with two attached hydrogens (primary N) is 1. The van der Waals surface area contributed by atoms with Gasteiger partial charge >= 0.3 is 0 Å². The zero-order valence-electron chi connectivity index (χ0n) is 13.3. The van der Waals surface area contributed by atoms with Crippen LogP contribution in [0.1, 0.15) is 6.42 Å². The van der Waals surface area contributed by atoms with Crippen molar-refractivity contribution in [2.24, 2.45) is 5.73 Å². The van der Waals surface area contributed by atoms with Gasteiger partial charge in [0.15, 0.2) is 6.29 Å². The van der Waals surface area contributed by atoms with E-state index in [2.05, 4.69) is 5.32 Å². The topological polar surface area (TPSA) is 209 Å². The maximum Gasteiger partial charge on any atom is 0.264 e. The lowest BCUT2D eigenvalue weighted by Gasteiger charge is -2.39. The number of ether oxygens (including phenoxy) is 2. The Morgan fingerprint density at radius 3 is 2.44 bits per heavy atom. The Morgan fingerprint density at radius 2 is 1.88 bits per heavy atom. The van der Waals surface area contributed by atoms with Crippen LogP contribution in [0.4, 0.5) is 0 Å². The molecule has 6 atom stereocenters. The quantitative estimate of drug-likeness (QED) is 0.148. The van der Waals surface area contributed by atoms with Crippen LogP contribution in [0, 0.1) is 0 Å². The molecule has 0 bridgehead atoms. The molecular weight excluding hydrogens is 364 g/mol. The highest BCUT2D eigenvalue weighted by atomic mass is 32.2. The molecule has 0 aromatic rings. The lowest BCUT2D eigenvalue weighted by Crippen LogP contribution is -2.59. The summed E-state index contributed by atoms with van der Waals surface area (Å²) in [4.78, 5) is 11.7. The van der Waals surface area contributed by atoms with Gasteiger partial charge in [-0.15, -0.1) is 0 Å². The maximum absolute atomic E-state index is 11.7. The summed E-state index contributed by atoms with van der Waals surface area (Å²) in [6.07, 6.45) is -7.31. The summed E-state index contributed by atoms with van der Waals surface area (Å²) in [5.74, 6) is -1.18. The Labute approximate surface area is 144 Å². The minimum absolute atomic E-state index is 0.00907. The molecule has 13 heteroatoms. The van der Waals surface area contributed by atoms with Crippen molar-refractivity contribution < 1.29 is 47.7 Å². The monoisotopic (exact) mass is 388 g/mol. The lowest BCUT2D eigenvalue weighted by atomic mass is 9.99. The van der Waals surface area contributed by atoms with Crippen molar-refractivity contribution in [2.75, 3.05) is 25.5 Å². The highest BCUT2D eigenvalue weighted by Crippen LogP contribution is 2.21. The molecule has 0 radical (unpaired) electrons. The molecule has 1 rings (SSSR count). The molecule has 8 N–H and O–H groups in total. The Morgan fingerprint density at radius 1 is 1.24 bits per heavy atom. The number of rotatable bonds is 9. The van der Waals surface area contributed by atoms with Gasteiger partial charge in [-0.05, 0) is 6.42 Å². The van der Waals surface area contributed by atoms with E-state index in [0.717, 1.165) is 0 Å². The SMILES string of the molecule is N[C@@H](CO[C@@H]1O[C@H](CO)[C@@H](O)[C@H](O)[C@H]1O)C(=O)NCCCS(=O)(=O)O. The molecule has 1 aliphatic rings. The average Bonchev–Trinajstić information content (AvgIpc) is 2.54. The van der Waals surface area contributed by atoms with Crippen molar-refractivity contribution in [1.82, 2.24) is 5.32 Å². The van der Waals surface area contributed by atoms with E-state index in [1.54, 1.807) is 0 Å². The predicted octanol–water partition coefficient (Wildman–Crippen LogP) is -4.48. The minimum Gasteiger partial charge on any atom is -0.394 e. The van der Waals surface area contributed by atoms with Gasteiger partial charge in [0.25, 0.3) is 10.1 Å². The van der Waals surface area contributed by atoms with Crippen LogP contribution >= 0.6 is 0 Å². The summed E-state index contributed by atoms with van der Waals surface area (Å²) in [7, 11) is -4.11. The van der Waals surface area contributed by atoms with Crippen molar-refractivity contribution in [3.8, 4) is 0 Å². The van der Waals surface area contributed by atoms with E-state index in [9.17, 15) is 28.5 Å². The smallest absolute Gasteiger partial charge is 0.264 e. The van der Waals surface area contributed by atoms with Crippen molar-refractivity contribution in [3.63, 3.8) is 0 Å². The van der Waals surface area contributed by atoms with E-state index in [-0.39, 0.29) is 13.0 Å². The fourth-order valence-electron chi connectivity index (χ4n) is 2.08. The van der Waals surface area contributed by atoms with E-state index in [4.69, 9.17) is 24.9 Å². The number of carbonyl (C=O) groups excluding carboxylic acids is 1. The van der Waals surface area contributed by atoms with Gasteiger partial charge in [-0.1, -0.05) is 0 Å². The van der Waals surface area contributed by atoms with Crippen LogP contribution in [0.2, 0.25) is 0 Å². The summed E-state index contributed by atoms with van der Waals surface area (Å²) in [5, 5.41) is 40.4. The van der Waals surface area contributed by atoms with Crippen LogP contribution < -0.4 is 11.1 Å². The molecule has 0 aliphatic carbocycles. The summed E-state index contributed by atoms with van der Waals surface area (Å²) in [6.45, 7) is -1.07. The van der Waals surface area contributed by atoms with Crippen LogP contribution in [0.3, 0.4) is 0 Å². The fourth-order valence-corrected chi connectivity index (χ4v) is 2.59. The molecule has 0 spiro atoms. The molecule has 12 nitrogen and oxygen atoms in total.